The largest absolute Gasteiger partial charge is 0.480 e. The third kappa shape index (κ3) is 4.27. The SMILES string of the molecule is NC(=O)CN1C(=O)S/C(=C\c2ccc(OCC(=O)O)c(Cl)c2)C1=O. The molecule has 126 valence electrons. The topological polar surface area (TPSA) is 127 Å². The normalized spacial score (nSPS) is 15.9. The van der Waals surface area contributed by atoms with E-state index in [1.807, 2.05) is 0 Å². The number of halogens is 1. The number of carboxylic acids is 1. The van der Waals surface area contributed by atoms with Crippen LogP contribution in [0.3, 0.4) is 0 Å². The molecule has 8 nitrogen and oxygen atoms in total. The van der Waals surface area contributed by atoms with E-state index in [-0.39, 0.29) is 15.7 Å². The van der Waals surface area contributed by atoms with Crippen LogP contribution >= 0.6 is 23.4 Å². The van der Waals surface area contributed by atoms with Gasteiger partial charge in [0.05, 0.1) is 9.93 Å². The van der Waals surface area contributed by atoms with Gasteiger partial charge in [-0.25, -0.2) is 4.79 Å². The van der Waals surface area contributed by atoms with Gasteiger partial charge in [-0.2, -0.15) is 0 Å². The molecule has 1 aromatic rings. The van der Waals surface area contributed by atoms with Crippen molar-refractivity contribution in [2.24, 2.45) is 5.73 Å². The van der Waals surface area contributed by atoms with Crippen LogP contribution in [0.15, 0.2) is 23.1 Å². The number of ether oxygens (including phenoxy) is 1. The van der Waals surface area contributed by atoms with Crippen LogP contribution in [0.4, 0.5) is 4.79 Å². The molecule has 3 amide bonds. The maximum Gasteiger partial charge on any atom is 0.341 e. The number of carboxylic acid groups (broad SMARTS) is 1. The highest BCUT2D eigenvalue weighted by molar-refractivity contribution is 8.18. The molecule has 0 saturated carbocycles. The Labute approximate surface area is 145 Å². The summed E-state index contributed by atoms with van der Waals surface area (Å²) in [6.45, 7) is -1.02. The van der Waals surface area contributed by atoms with E-state index < -0.39 is 36.2 Å². The Kier molecular flexibility index (Phi) is 5.47. The molecular weight excluding hydrogens is 360 g/mol. The Morgan fingerprint density at radius 1 is 1.38 bits per heavy atom. The Balaban J connectivity index is 2.18. The first-order chi connectivity index (χ1) is 11.3. The number of hydrogen-bond donors (Lipinski definition) is 2. The summed E-state index contributed by atoms with van der Waals surface area (Å²) in [5, 5.41) is 8.13. The zero-order valence-electron chi connectivity index (χ0n) is 12.0. The first-order valence-electron chi connectivity index (χ1n) is 6.45. The van der Waals surface area contributed by atoms with Crippen molar-refractivity contribution in [1.29, 1.82) is 0 Å². The fourth-order valence-corrected chi connectivity index (χ4v) is 2.89. The second-order valence-corrected chi connectivity index (χ2v) is 6.01. The molecule has 0 radical (unpaired) electrons. The smallest absolute Gasteiger partial charge is 0.341 e. The number of thioether (sulfide) groups is 1. The number of hydrogen-bond acceptors (Lipinski definition) is 6. The number of nitrogens with two attached hydrogens (primary N) is 1. The van der Waals surface area contributed by atoms with Gasteiger partial charge in [-0.3, -0.25) is 19.3 Å². The summed E-state index contributed by atoms with van der Waals surface area (Å²) in [5.74, 6) is -2.37. The van der Waals surface area contributed by atoms with Crippen molar-refractivity contribution in [3.8, 4) is 5.75 Å². The molecule has 0 unspecified atom stereocenters. The summed E-state index contributed by atoms with van der Waals surface area (Å²) in [6, 6.07) is 4.46. The van der Waals surface area contributed by atoms with E-state index in [4.69, 9.17) is 27.2 Å². The van der Waals surface area contributed by atoms with Crippen molar-refractivity contribution >= 4 is 52.5 Å². The molecule has 0 atom stereocenters. The number of primary amides is 1. The van der Waals surface area contributed by atoms with Crippen LogP contribution < -0.4 is 10.5 Å². The number of amides is 3. The second kappa shape index (κ2) is 7.37. The molecule has 1 fully saturated rings. The van der Waals surface area contributed by atoms with Crippen molar-refractivity contribution in [3.05, 3.63) is 33.7 Å². The first-order valence-corrected chi connectivity index (χ1v) is 7.65. The van der Waals surface area contributed by atoms with Gasteiger partial charge in [0, 0.05) is 0 Å². The summed E-state index contributed by atoms with van der Waals surface area (Å²) < 4.78 is 4.98. The predicted octanol–water partition coefficient (Wildman–Crippen LogP) is 1.32. The standard InChI is InChI=1S/C14H11ClN2O6S/c15-8-3-7(1-2-9(8)23-6-12(19)20)4-10-13(21)17(5-11(16)18)14(22)24-10/h1-4H,5-6H2,(H2,16,18)(H,19,20)/b10-4-. The van der Waals surface area contributed by atoms with Crippen molar-refractivity contribution in [3.63, 3.8) is 0 Å². The summed E-state index contributed by atoms with van der Waals surface area (Å²) >= 11 is 6.66. The number of benzene rings is 1. The highest BCUT2D eigenvalue weighted by Crippen LogP contribution is 2.33. The number of nitrogens with zero attached hydrogens (tertiary/aromatic N) is 1. The van der Waals surface area contributed by atoms with Gasteiger partial charge in [0.25, 0.3) is 11.1 Å². The molecule has 2 rings (SSSR count). The van der Waals surface area contributed by atoms with Crippen LogP contribution in [0, 0.1) is 0 Å². The molecule has 24 heavy (non-hydrogen) atoms. The van der Waals surface area contributed by atoms with Gasteiger partial charge in [-0.1, -0.05) is 17.7 Å². The molecule has 1 aliphatic heterocycles. The van der Waals surface area contributed by atoms with Gasteiger partial charge in [0.1, 0.15) is 12.3 Å². The third-order valence-electron chi connectivity index (χ3n) is 2.79. The number of carbonyl (C=O) groups excluding carboxylic acids is 3. The van der Waals surface area contributed by atoms with E-state index in [0.29, 0.717) is 17.3 Å². The number of carbonyl (C=O) groups is 4. The second-order valence-electron chi connectivity index (χ2n) is 4.61. The highest BCUT2D eigenvalue weighted by atomic mass is 35.5. The van der Waals surface area contributed by atoms with E-state index in [1.54, 1.807) is 6.07 Å². The van der Waals surface area contributed by atoms with Crippen LogP contribution in [-0.4, -0.2) is 46.2 Å². The fraction of sp³-hybridized carbons (Fsp3) is 0.143. The van der Waals surface area contributed by atoms with E-state index in [2.05, 4.69) is 0 Å². The molecule has 0 spiro atoms. The minimum atomic E-state index is -1.14. The molecular formula is C14H11ClN2O6S. The minimum Gasteiger partial charge on any atom is -0.480 e. The Hall–Kier alpha value is -2.52. The van der Waals surface area contributed by atoms with Gasteiger partial charge in [0.15, 0.2) is 6.61 Å². The quantitative estimate of drug-likeness (QED) is 0.723. The average Bonchev–Trinajstić information content (AvgIpc) is 2.73. The van der Waals surface area contributed by atoms with Crippen LogP contribution in [-0.2, 0) is 14.4 Å². The van der Waals surface area contributed by atoms with Gasteiger partial charge in [-0.15, -0.1) is 0 Å². The number of aliphatic carboxylic acids is 1. The van der Waals surface area contributed by atoms with Gasteiger partial charge >= 0.3 is 5.97 Å². The molecule has 3 N–H and O–H groups in total. The molecule has 0 aromatic heterocycles. The lowest BCUT2D eigenvalue weighted by Crippen LogP contribution is -2.36. The van der Waals surface area contributed by atoms with Crippen LogP contribution in [0.2, 0.25) is 5.02 Å². The van der Waals surface area contributed by atoms with Crippen LogP contribution in [0.1, 0.15) is 5.56 Å². The number of rotatable bonds is 6. The average molecular weight is 371 g/mol. The zero-order valence-corrected chi connectivity index (χ0v) is 13.6. The molecule has 1 aliphatic rings. The third-order valence-corrected chi connectivity index (χ3v) is 4.00. The monoisotopic (exact) mass is 370 g/mol. The fourth-order valence-electron chi connectivity index (χ4n) is 1.81. The molecule has 1 saturated heterocycles. The molecule has 1 aromatic carbocycles. The predicted molar refractivity (Wildman–Crippen MR) is 86.5 cm³/mol. The highest BCUT2D eigenvalue weighted by Gasteiger charge is 2.35. The van der Waals surface area contributed by atoms with E-state index in [9.17, 15) is 19.2 Å². The molecule has 1 heterocycles. The van der Waals surface area contributed by atoms with Crippen molar-refractivity contribution in [1.82, 2.24) is 4.90 Å². The van der Waals surface area contributed by atoms with E-state index in [1.165, 1.54) is 18.2 Å². The van der Waals surface area contributed by atoms with Gasteiger partial charge in [-0.05, 0) is 35.5 Å². The minimum absolute atomic E-state index is 0.122. The van der Waals surface area contributed by atoms with Crippen molar-refractivity contribution < 1.29 is 29.0 Å². The van der Waals surface area contributed by atoms with Crippen molar-refractivity contribution in [2.75, 3.05) is 13.2 Å². The lowest BCUT2D eigenvalue weighted by molar-refractivity contribution is -0.139. The lowest BCUT2D eigenvalue weighted by atomic mass is 10.2. The van der Waals surface area contributed by atoms with Crippen LogP contribution in [0.25, 0.3) is 6.08 Å². The Morgan fingerprint density at radius 3 is 2.67 bits per heavy atom. The molecule has 0 aliphatic carbocycles. The van der Waals surface area contributed by atoms with E-state index in [0.717, 1.165) is 4.90 Å². The summed E-state index contributed by atoms with van der Waals surface area (Å²) in [7, 11) is 0. The van der Waals surface area contributed by atoms with Crippen molar-refractivity contribution in [2.45, 2.75) is 0 Å². The molecule has 0 bridgehead atoms. The number of imide groups is 1. The zero-order chi connectivity index (χ0) is 17.9. The first kappa shape index (κ1) is 17.8. The maximum absolute atomic E-state index is 12.1. The summed E-state index contributed by atoms with van der Waals surface area (Å²) in [5.41, 5.74) is 5.50. The Morgan fingerprint density at radius 2 is 2.08 bits per heavy atom. The molecule has 10 heteroatoms. The Bertz CT molecular complexity index is 764. The maximum atomic E-state index is 12.1. The van der Waals surface area contributed by atoms with Crippen LogP contribution in [0.5, 0.6) is 5.75 Å². The van der Waals surface area contributed by atoms with E-state index >= 15 is 0 Å². The van der Waals surface area contributed by atoms with Gasteiger partial charge in [0.2, 0.25) is 5.91 Å². The lowest BCUT2D eigenvalue weighted by Gasteiger charge is -2.08. The van der Waals surface area contributed by atoms with Gasteiger partial charge < -0.3 is 15.6 Å². The summed E-state index contributed by atoms with van der Waals surface area (Å²) in [6.07, 6.45) is 1.43. The summed E-state index contributed by atoms with van der Waals surface area (Å²) in [4.78, 5) is 46.0.